The molecule has 1 aromatic heterocycles. The fourth-order valence-electron chi connectivity index (χ4n) is 3.13. The Morgan fingerprint density at radius 3 is 2.44 bits per heavy atom. The Labute approximate surface area is 145 Å². The Morgan fingerprint density at radius 1 is 1.12 bits per heavy atom. The summed E-state index contributed by atoms with van der Waals surface area (Å²) in [5, 5.41) is 11.8. The molecule has 0 radical (unpaired) electrons. The van der Waals surface area contributed by atoms with Crippen molar-refractivity contribution in [2.24, 2.45) is 0 Å². The molecule has 1 aromatic carbocycles. The van der Waals surface area contributed by atoms with Gasteiger partial charge in [-0.3, -0.25) is 4.79 Å². The number of aromatic carboxylic acids is 1. The highest BCUT2D eigenvalue weighted by Gasteiger charge is 2.34. The molecule has 0 bridgehead atoms. The number of ether oxygens (including phenoxy) is 1. The highest BCUT2D eigenvalue weighted by atomic mass is 16.5. The van der Waals surface area contributed by atoms with Crippen LogP contribution in [-0.2, 0) is 10.2 Å². The number of benzene rings is 1. The highest BCUT2D eigenvalue weighted by molar-refractivity contribution is 5.94. The minimum absolute atomic E-state index is 0.0817. The number of carbonyl (C=O) groups excluding carboxylic acids is 1. The first kappa shape index (κ1) is 17.1. The zero-order valence-corrected chi connectivity index (χ0v) is 13.8. The van der Waals surface area contributed by atoms with E-state index in [0.717, 1.165) is 12.8 Å². The maximum Gasteiger partial charge on any atom is 0.354 e. The van der Waals surface area contributed by atoms with Gasteiger partial charge in [-0.25, -0.2) is 9.78 Å². The summed E-state index contributed by atoms with van der Waals surface area (Å²) in [5.74, 6) is -1.37. The quantitative estimate of drug-likeness (QED) is 0.871. The summed E-state index contributed by atoms with van der Waals surface area (Å²) in [6.45, 7) is 1.83. The Hall–Kier alpha value is -2.73. The zero-order valence-electron chi connectivity index (χ0n) is 13.8. The molecular weight excluding hydrogens is 320 g/mol. The van der Waals surface area contributed by atoms with E-state index in [1.165, 1.54) is 23.9 Å². The van der Waals surface area contributed by atoms with E-state index in [1.807, 2.05) is 18.2 Å². The molecule has 1 saturated heterocycles. The number of rotatable bonds is 5. The van der Waals surface area contributed by atoms with Crippen molar-refractivity contribution in [1.29, 1.82) is 0 Å². The van der Waals surface area contributed by atoms with Gasteiger partial charge in [0.25, 0.3) is 5.91 Å². The van der Waals surface area contributed by atoms with Gasteiger partial charge in [-0.05, 0) is 30.5 Å². The first-order valence-electron chi connectivity index (χ1n) is 8.22. The van der Waals surface area contributed by atoms with Crippen molar-refractivity contribution in [3.05, 3.63) is 65.5 Å². The second-order valence-corrected chi connectivity index (χ2v) is 6.18. The number of carbonyl (C=O) groups is 2. The van der Waals surface area contributed by atoms with Gasteiger partial charge in [-0.15, -0.1) is 0 Å². The number of hydrogen-bond donors (Lipinski definition) is 2. The number of carboxylic acid groups (broad SMARTS) is 1. The highest BCUT2D eigenvalue weighted by Crippen LogP contribution is 2.34. The molecule has 6 heteroatoms. The van der Waals surface area contributed by atoms with Crippen molar-refractivity contribution in [1.82, 2.24) is 10.3 Å². The van der Waals surface area contributed by atoms with Crippen molar-refractivity contribution >= 4 is 11.9 Å². The van der Waals surface area contributed by atoms with Crippen molar-refractivity contribution in [2.45, 2.75) is 18.3 Å². The molecule has 0 atom stereocenters. The van der Waals surface area contributed by atoms with Crippen molar-refractivity contribution in [2.75, 3.05) is 19.8 Å². The minimum Gasteiger partial charge on any atom is -0.477 e. The second-order valence-electron chi connectivity index (χ2n) is 6.18. The molecule has 0 saturated carbocycles. The lowest BCUT2D eigenvalue weighted by Crippen LogP contribution is -2.44. The number of hydrogen-bond acceptors (Lipinski definition) is 4. The molecule has 25 heavy (non-hydrogen) atoms. The standard InChI is InChI=1S/C19H20N2O4/c22-17(14-6-7-16(18(23)24)20-12-14)21-13-19(8-10-25-11-9-19)15-4-2-1-3-5-15/h1-7,12H,8-11,13H2,(H,21,22)(H,23,24). The number of nitrogens with zero attached hydrogens (tertiary/aromatic N) is 1. The average Bonchev–Trinajstić information content (AvgIpc) is 2.67. The first-order valence-corrected chi connectivity index (χ1v) is 8.22. The van der Waals surface area contributed by atoms with Gasteiger partial charge in [0.2, 0.25) is 0 Å². The second kappa shape index (κ2) is 7.44. The van der Waals surface area contributed by atoms with E-state index >= 15 is 0 Å². The monoisotopic (exact) mass is 340 g/mol. The summed E-state index contributed by atoms with van der Waals surface area (Å²) >= 11 is 0. The van der Waals surface area contributed by atoms with Gasteiger partial charge in [0, 0.05) is 31.4 Å². The molecule has 0 spiro atoms. The van der Waals surface area contributed by atoms with E-state index < -0.39 is 5.97 Å². The van der Waals surface area contributed by atoms with Crippen LogP contribution in [0.3, 0.4) is 0 Å². The zero-order chi connectivity index (χ0) is 17.7. The van der Waals surface area contributed by atoms with Gasteiger partial charge >= 0.3 is 5.97 Å². The summed E-state index contributed by atoms with van der Waals surface area (Å²) in [7, 11) is 0. The molecule has 1 amide bonds. The lowest BCUT2D eigenvalue weighted by molar-refractivity contribution is 0.0487. The van der Waals surface area contributed by atoms with E-state index in [-0.39, 0.29) is 17.0 Å². The lowest BCUT2D eigenvalue weighted by Gasteiger charge is -2.38. The molecule has 0 aliphatic carbocycles. The smallest absolute Gasteiger partial charge is 0.354 e. The molecule has 1 aliphatic heterocycles. The summed E-state index contributed by atoms with van der Waals surface area (Å²) in [4.78, 5) is 27.0. The fourth-order valence-corrected chi connectivity index (χ4v) is 3.13. The van der Waals surface area contributed by atoms with Gasteiger partial charge in [-0.1, -0.05) is 30.3 Å². The van der Waals surface area contributed by atoms with E-state index in [0.29, 0.717) is 25.3 Å². The predicted molar refractivity (Wildman–Crippen MR) is 91.7 cm³/mol. The minimum atomic E-state index is -1.11. The van der Waals surface area contributed by atoms with Crippen molar-refractivity contribution < 1.29 is 19.4 Å². The van der Waals surface area contributed by atoms with Crippen LogP contribution in [0, 0.1) is 0 Å². The Morgan fingerprint density at radius 2 is 1.84 bits per heavy atom. The maximum atomic E-state index is 12.4. The van der Waals surface area contributed by atoms with Crippen LogP contribution in [0.1, 0.15) is 39.3 Å². The van der Waals surface area contributed by atoms with Crippen LogP contribution in [0.15, 0.2) is 48.7 Å². The fraction of sp³-hybridized carbons (Fsp3) is 0.316. The van der Waals surface area contributed by atoms with Crippen LogP contribution < -0.4 is 5.32 Å². The number of carboxylic acids is 1. The first-order chi connectivity index (χ1) is 12.1. The van der Waals surface area contributed by atoms with Crippen LogP contribution in [0.4, 0.5) is 0 Å². The van der Waals surface area contributed by atoms with Crippen LogP contribution in [-0.4, -0.2) is 41.7 Å². The topological polar surface area (TPSA) is 88.5 Å². The molecule has 1 aliphatic rings. The Bertz CT molecular complexity index is 738. The molecule has 2 aromatic rings. The third-order valence-corrected chi connectivity index (χ3v) is 4.67. The van der Waals surface area contributed by atoms with E-state index in [4.69, 9.17) is 9.84 Å². The number of aromatic nitrogens is 1. The van der Waals surface area contributed by atoms with Gasteiger partial charge in [0.15, 0.2) is 0 Å². The van der Waals surface area contributed by atoms with E-state index in [1.54, 1.807) is 0 Å². The molecule has 130 valence electrons. The number of amides is 1. The molecule has 0 unspecified atom stereocenters. The molecule has 3 rings (SSSR count). The lowest BCUT2D eigenvalue weighted by atomic mass is 9.74. The summed E-state index contributed by atoms with van der Waals surface area (Å²) in [6, 6.07) is 13.0. The summed E-state index contributed by atoms with van der Waals surface area (Å²) in [6.07, 6.45) is 2.97. The van der Waals surface area contributed by atoms with Gasteiger partial charge < -0.3 is 15.2 Å². The Kier molecular flexibility index (Phi) is 5.09. The van der Waals surface area contributed by atoms with E-state index in [9.17, 15) is 9.59 Å². The van der Waals surface area contributed by atoms with Gasteiger partial charge in [0.1, 0.15) is 5.69 Å². The van der Waals surface area contributed by atoms with Gasteiger partial charge in [0.05, 0.1) is 5.56 Å². The number of nitrogens with one attached hydrogen (secondary N) is 1. The molecular formula is C19H20N2O4. The molecule has 1 fully saturated rings. The van der Waals surface area contributed by atoms with Crippen molar-refractivity contribution in [3.8, 4) is 0 Å². The normalized spacial score (nSPS) is 16.2. The third kappa shape index (κ3) is 3.85. The third-order valence-electron chi connectivity index (χ3n) is 4.67. The largest absolute Gasteiger partial charge is 0.477 e. The average molecular weight is 340 g/mol. The predicted octanol–water partition coefficient (Wildman–Crippen LogP) is 2.26. The van der Waals surface area contributed by atoms with Crippen LogP contribution >= 0.6 is 0 Å². The van der Waals surface area contributed by atoms with Gasteiger partial charge in [-0.2, -0.15) is 0 Å². The molecule has 6 nitrogen and oxygen atoms in total. The van der Waals surface area contributed by atoms with Crippen LogP contribution in [0.5, 0.6) is 0 Å². The molecule has 2 heterocycles. The summed E-state index contributed by atoms with van der Waals surface area (Å²) in [5.41, 5.74) is 1.31. The summed E-state index contributed by atoms with van der Waals surface area (Å²) < 4.78 is 5.49. The SMILES string of the molecule is O=C(NCC1(c2ccccc2)CCOCC1)c1ccc(C(=O)O)nc1. The van der Waals surface area contributed by atoms with Crippen LogP contribution in [0.25, 0.3) is 0 Å². The number of pyridine rings is 1. The molecule has 2 N–H and O–H groups in total. The van der Waals surface area contributed by atoms with Crippen LogP contribution in [0.2, 0.25) is 0 Å². The van der Waals surface area contributed by atoms with E-state index in [2.05, 4.69) is 22.4 Å². The maximum absolute atomic E-state index is 12.4. The Balaban J connectivity index is 1.72. The van der Waals surface area contributed by atoms with Crippen molar-refractivity contribution in [3.63, 3.8) is 0 Å².